The number of benzene rings is 3. The highest BCUT2D eigenvalue weighted by atomic mass is 35.5. The molecule has 5 rings (SSSR count). The lowest BCUT2D eigenvalue weighted by molar-refractivity contribution is -0.132. The third-order valence-corrected chi connectivity index (χ3v) is 7.08. The third kappa shape index (κ3) is 4.03. The molecule has 1 atom stereocenters. The van der Waals surface area contributed by atoms with Crippen LogP contribution in [-0.2, 0) is 9.59 Å². The van der Waals surface area contributed by atoms with Gasteiger partial charge in [0.1, 0.15) is 18.1 Å². The number of aliphatic hydroxyl groups excluding tert-OH is 1. The van der Waals surface area contributed by atoms with E-state index in [2.05, 4.69) is 0 Å². The maximum absolute atomic E-state index is 13.4. The molecule has 6 nitrogen and oxygen atoms in total. The van der Waals surface area contributed by atoms with Gasteiger partial charge in [-0.15, -0.1) is 0 Å². The van der Waals surface area contributed by atoms with E-state index in [9.17, 15) is 14.7 Å². The largest absolute Gasteiger partial charge is 0.507 e. The van der Waals surface area contributed by atoms with Gasteiger partial charge in [-0.05, 0) is 55.0 Å². The Morgan fingerprint density at radius 1 is 1.00 bits per heavy atom. The second-order valence-corrected chi connectivity index (χ2v) is 9.45. The van der Waals surface area contributed by atoms with E-state index in [1.165, 1.54) is 4.90 Å². The molecule has 2 heterocycles. The molecule has 1 amide bonds. The summed E-state index contributed by atoms with van der Waals surface area (Å²) in [4.78, 5) is 30.1. The molecule has 0 aromatic heterocycles. The minimum atomic E-state index is -0.891. The molecule has 0 radical (unpaired) electrons. The lowest BCUT2D eigenvalue weighted by atomic mass is 9.94. The Balaban J connectivity index is 1.71. The number of carbonyl (C=O) groups is 2. The number of aryl methyl sites for hydroxylation is 1. The maximum Gasteiger partial charge on any atom is 0.300 e. The average Bonchev–Trinajstić information content (AvgIpc) is 3.11. The molecular weight excluding hydrogens is 487 g/mol. The minimum Gasteiger partial charge on any atom is -0.507 e. The highest BCUT2D eigenvalue weighted by molar-refractivity contribution is 6.51. The van der Waals surface area contributed by atoms with E-state index in [1.54, 1.807) is 48.5 Å². The Morgan fingerprint density at radius 2 is 1.74 bits per heavy atom. The normalized spacial score (nSPS) is 19.0. The molecule has 0 bridgehead atoms. The van der Waals surface area contributed by atoms with Crippen LogP contribution in [0.15, 0.2) is 66.2 Å². The first-order valence-electron chi connectivity index (χ1n) is 11.1. The zero-order chi connectivity index (χ0) is 24.9. The van der Waals surface area contributed by atoms with Crippen LogP contribution in [0.5, 0.6) is 5.75 Å². The van der Waals surface area contributed by atoms with Crippen LogP contribution >= 0.6 is 23.2 Å². The van der Waals surface area contributed by atoms with Crippen molar-refractivity contribution in [3.05, 3.63) is 93.0 Å². The summed E-state index contributed by atoms with van der Waals surface area (Å²) in [5.41, 5.74) is 3.28. The van der Waals surface area contributed by atoms with Crippen LogP contribution in [0, 0.1) is 6.92 Å². The number of likely N-dealkylation sites (N-methyl/N-ethyl adjacent to an activating group) is 1. The first-order chi connectivity index (χ1) is 16.8. The molecule has 8 heteroatoms. The Labute approximate surface area is 212 Å². The summed E-state index contributed by atoms with van der Waals surface area (Å²) in [5, 5.41) is 12.1. The molecule has 35 heavy (non-hydrogen) atoms. The summed E-state index contributed by atoms with van der Waals surface area (Å²) >= 11 is 12.4. The van der Waals surface area contributed by atoms with Gasteiger partial charge < -0.3 is 14.7 Å². The summed E-state index contributed by atoms with van der Waals surface area (Å²) in [6.07, 6.45) is 0. The molecule has 0 aliphatic carbocycles. The Kier molecular flexibility index (Phi) is 5.95. The van der Waals surface area contributed by atoms with Gasteiger partial charge in [-0.25, -0.2) is 0 Å². The monoisotopic (exact) mass is 508 g/mol. The molecular formula is C27H22Cl2N2O4. The summed E-state index contributed by atoms with van der Waals surface area (Å²) in [6.45, 7) is 3.19. The number of hydrogen-bond acceptors (Lipinski definition) is 5. The number of ether oxygens (including phenoxy) is 1. The van der Waals surface area contributed by atoms with Crippen LogP contribution in [0.3, 0.4) is 0 Å². The predicted octanol–water partition coefficient (Wildman–Crippen LogP) is 5.76. The third-order valence-electron chi connectivity index (χ3n) is 6.34. The number of halogens is 2. The SMILES string of the molecule is Cc1ccc(N2C(=O)C(=O)/C(=C(\O)c3ccc4c(c3)N(C)CCO4)C2c2ccc(Cl)c(Cl)c2)cc1. The van der Waals surface area contributed by atoms with Crippen LogP contribution in [-0.4, -0.2) is 37.0 Å². The van der Waals surface area contributed by atoms with Crippen molar-refractivity contribution in [3.8, 4) is 5.75 Å². The number of anilines is 2. The quantitative estimate of drug-likeness (QED) is 0.276. The van der Waals surface area contributed by atoms with Gasteiger partial charge in [-0.2, -0.15) is 0 Å². The zero-order valence-electron chi connectivity index (χ0n) is 19.1. The molecule has 3 aromatic carbocycles. The molecule has 3 aromatic rings. The maximum atomic E-state index is 13.4. The first-order valence-corrected chi connectivity index (χ1v) is 11.8. The molecule has 178 valence electrons. The van der Waals surface area contributed by atoms with Crippen molar-refractivity contribution >= 4 is 52.0 Å². The second kappa shape index (κ2) is 8.95. The van der Waals surface area contributed by atoms with Gasteiger partial charge in [0.15, 0.2) is 0 Å². The van der Waals surface area contributed by atoms with Gasteiger partial charge in [-0.3, -0.25) is 14.5 Å². The summed E-state index contributed by atoms with van der Waals surface area (Å²) in [5.74, 6) is -1.08. The van der Waals surface area contributed by atoms with Crippen molar-refractivity contribution < 1.29 is 19.4 Å². The predicted molar refractivity (Wildman–Crippen MR) is 138 cm³/mol. The number of hydrogen-bond donors (Lipinski definition) is 1. The lowest BCUT2D eigenvalue weighted by Gasteiger charge is -2.28. The molecule has 1 unspecified atom stereocenters. The molecule has 2 aliphatic heterocycles. The van der Waals surface area contributed by atoms with Crippen LogP contribution in [0.1, 0.15) is 22.7 Å². The Morgan fingerprint density at radius 3 is 2.46 bits per heavy atom. The number of aliphatic hydroxyl groups is 1. The van der Waals surface area contributed by atoms with Crippen molar-refractivity contribution in [1.82, 2.24) is 0 Å². The van der Waals surface area contributed by atoms with E-state index in [1.807, 2.05) is 31.0 Å². The summed E-state index contributed by atoms with van der Waals surface area (Å²) in [6, 6.07) is 16.5. The van der Waals surface area contributed by atoms with E-state index in [4.69, 9.17) is 27.9 Å². The van der Waals surface area contributed by atoms with Crippen molar-refractivity contribution in [3.63, 3.8) is 0 Å². The molecule has 0 saturated carbocycles. The first kappa shape index (κ1) is 23.3. The van der Waals surface area contributed by atoms with Crippen molar-refractivity contribution in [1.29, 1.82) is 0 Å². The van der Waals surface area contributed by atoms with Gasteiger partial charge in [0.25, 0.3) is 11.7 Å². The summed E-state index contributed by atoms with van der Waals surface area (Å²) in [7, 11) is 1.93. The Bertz CT molecular complexity index is 1380. The lowest BCUT2D eigenvalue weighted by Crippen LogP contribution is -2.29. The zero-order valence-corrected chi connectivity index (χ0v) is 20.6. The highest BCUT2D eigenvalue weighted by Gasteiger charge is 2.47. The smallest absolute Gasteiger partial charge is 0.300 e. The minimum absolute atomic E-state index is 0.0201. The van der Waals surface area contributed by atoms with Gasteiger partial charge in [0.05, 0.1) is 33.9 Å². The van der Waals surface area contributed by atoms with Gasteiger partial charge in [-0.1, -0.05) is 47.0 Å². The number of carbonyl (C=O) groups excluding carboxylic acids is 2. The van der Waals surface area contributed by atoms with Crippen molar-refractivity contribution in [2.45, 2.75) is 13.0 Å². The summed E-state index contributed by atoms with van der Waals surface area (Å²) < 4.78 is 5.70. The van der Waals surface area contributed by atoms with E-state index in [0.717, 1.165) is 11.3 Å². The van der Waals surface area contributed by atoms with Gasteiger partial charge in [0, 0.05) is 18.3 Å². The fraction of sp³-hybridized carbons (Fsp3) is 0.185. The van der Waals surface area contributed by atoms with Gasteiger partial charge >= 0.3 is 0 Å². The van der Waals surface area contributed by atoms with Crippen molar-refractivity contribution in [2.75, 3.05) is 30.0 Å². The number of amides is 1. The number of fused-ring (bicyclic) bond motifs is 1. The highest BCUT2D eigenvalue weighted by Crippen LogP contribution is 2.44. The standard InChI is InChI=1S/C27H22Cl2N2O4/c1-15-3-7-18(8-4-15)31-24(16-5-9-19(28)20(29)13-16)23(26(33)27(31)34)25(32)17-6-10-22-21(14-17)30(2)11-12-35-22/h3-10,13-14,24,32H,11-12H2,1-2H3/b25-23-. The van der Waals surface area contributed by atoms with Crippen molar-refractivity contribution in [2.24, 2.45) is 0 Å². The molecule has 1 fully saturated rings. The van der Waals surface area contributed by atoms with Gasteiger partial charge in [0.2, 0.25) is 0 Å². The van der Waals surface area contributed by atoms with E-state index in [-0.39, 0.29) is 16.4 Å². The molecule has 2 aliphatic rings. The number of ketones is 1. The topological polar surface area (TPSA) is 70.1 Å². The van der Waals surface area contributed by atoms with Crippen LogP contribution in [0.2, 0.25) is 10.0 Å². The molecule has 0 spiro atoms. The van der Waals surface area contributed by atoms with Crippen LogP contribution in [0.25, 0.3) is 5.76 Å². The molecule has 1 saturated heterocycles. The number of rotatable bonds is 3. The van der Waals surface area contributed by atoms with E-state index in [0.29, 0.717) is 40.7 Å². The van der Waals surface area contributed by atoms with E-state index >= 15 is 0 Å². The fourth-order valence-corrected chi connectivity index (χ4v) is 4.76. The number of nitrogens with zero attached hydrogens (tertiary/aromatic N) is 2. The second-order valence-electron chi connectivity index (χ2n) is 8.63. The Hall–Kier alpha value is -3.48. The van der Waals surface area contributed by atoms with Crippen LogP contribution < -0.4 is 14.5 Å². The van der Waals surface area contributed by atoms with Crippen LogP contribution in [0.4, 0.5) is 11.4 Å². The van der Waals surface area contributed by atoms with E-state index < -0.39 is 17.7 Å². The average molecular weight is 509 g/mol. The molecule has 1 N–H and O–H groups in total. The number of Topliss-reactive ketones (excluding diaryl/α,β-unsaturated/α-hetero) is 1. The fourth-order valence-electron chi connectivity index (χ4n) is 4.46.